The van der Waals surface area contributed by atoms with Crippen LogP contribution in [0.2, 0.25) is 0 Å². The molecule has 2 aromatic carbocycles. The number of piperidine rings is 1. The van der Waals surface area contributed by atoms with Crippen molar-refractivity contribution < 1.29 is 18.8 Å². The molecule has 3 aliphatic heterocycles. The van der Waals surface area contributed by atoms with Gasteiger partial charge in [0.05, 0.1) is 5.41 Å². The second-order valence-electron chi connectivity index (χ2n) is 11.4. The molecule has 2 saturated heterocycles. The number of hydrogen-bond acceptors (Lipinski definition) is 4. The number of fused-ring (bicyclic) bond motifs is 1. The molecule has 0 bridgehead atoms. The monoisotopic (exact) mass is 535 g/mol. The maximum Gasteiger partial charge on any atom is 0.318 e. The molecule has 2 N–H and O–H groups in total. The zero-order chi connectivity index (χ0) is 27.7. The smallest absolute Gasteiger partial charge is 0.318 e. The van der Waals surface area contributed by atoms with Crippen LogP contribution in [0.3, 0.4) is 0 Å². The van der Waals surface area contributed by atoms with Gasteiger partial charge in [-0.25, -0.2) is 9.18 Å². The van der Waals surface area contributed by atoms with Crippen molar-refractivity contribution in [3.05, 3.63) is 65.5 Å². The summed E-state index contributed by atoms with van der Waals surface area (Å²) < 4.78 is 13.9. The average molecular weight is 536 g/mol. The third kappa shape index (κ3) is 5.37. The summed E-state index contributed by atoms with van der Waals surface area (Å²) in [6, 6.07) is 13.2. The van der Waals surface area contributed by atoms with Gasteiger partial charge in [0.15, 0.2) is 0 Å². The quantitative estimate of drug-likeness (QED) is 0.596. The highest BCUT2D eigenvalue weighted by Crippen LogP contribution is 2.43. The third-order valence-electron chi connectivity index (χ3n) is 8.54. The fourth-order valence-electron chi connectivity index (χ4n) is 6.19. The molecule has 208 valence electrons. The van der Waals surface area contributed by atoms with Gasteiger partial charge in [-0.05, 0) is 69.5 Å². The summed E-state index contributed by atoms with van der Waals surface area (Å²) in [4.78, 5) is 45.7. The summed E-state index contributed by atoms with van der Waals surface area (Å²) in [5.41, 5.74) is 2.07. The van der Waals surface area contributed by atoms with Crippen molar-refractivity contribution in [2.24, 2.45) is 0 Å². The number of hydrogen-bond donors (Lipinski definition) is 2. The summed E-state index contributed by atoms with van der Waals surface area (Å²) >= 11 is 0. The van der Waals surface area contributed by atoms with Gasteiger partial charge < -0.3 is 25.3 Å². The Labute approximate surface area is 229 Å². The molecular formula is C30H38FN5O3. The topological polar surface area (TPSA) is 85.0 Å². The first-order chi connectivity index (χ1) is 18.7. The lowest BCUT2D eigenvalue weighted by molar-refractivity contribution is -0.134. The number of carbonyl (C=O) groups is 3. The van der Waals surface area contributed by atoms with E-state index in [1.165, 1.54) is 12.1 Å². The lowest BCUT2D eigenvalue weighted by atomic mass is 9.86. The predicted molar refractivity (Wildman–Crippen MR) is 148 cm³/mol. The highest BCUT2D eigenvalue weighted by atomic mass is 19.1. The minimum absolute atomic E-state index is 0.00353. The Bertz CT molecular complexity index is 1240. The molecule has 2 atom stereocenters. The molecule has 0 spiro atoms. The van der Waals surface area contributed by atoms with Crippen LogP contribution < -0.4 is 15.5 Å². The van der Waals surface area contributed by atoms with Crippen molar-refractivity contribution in [2.45, 2.75) is 63.1 Å². The number of benzene rings is 2. The molecule has 39 heavy (non-hydrogen) atoms. The molecule has 4 amide bonds. The van der Waals surface area contributed by atoms with Crippen LogP contribution >= 0.6 is 0 Å². The molecule has 2 aromatic rings. The molecule has 0 aliphatic carbocycles. The van der Waals surface area contributed by atoms with E-state index < -0.39 is 11.5 Å². The van der Waals surface area contributed by atoms with Crippen LogP contribution in [-0.2, 0) is 21.4 Å². The summed E-state index contributed by atoms with van der Waals surface area (Å²) in [6.45, 7) is 6.09. The molecule has 8 nitrogen and oxygen atoms in total. The summed E-state index contributed by atoms with van der Waals surface area (Å²) in [7, 11) is 1.88. The highest BCUT2D eigenvalue weighted by Gasteiger charge is 2.47. The standard InChI is InChI=1S/C30H38FN5O3/c1-30(2)24-9-4-5-10-26(24)36(28(30)38)23-12-15-34(16-13-23)27(37)25(18-20-7-6-8-21(31)17-20)33-29(39)35-14-11-22(19-35)32-3/h4-10,17,22-23,25,32H,11-16,18-19H2,1-3H3,(H,33,39). The largest absolute Gasteiger partial charge is 0.341 e. The summed E-state index contributed by atoms with van der Waals surface area (Å²) in [6.07, 6.45) is 2.36. The van der Waals surface area contributed by atoms with Crippen molar-refractivity contribution in [1.82, 2.24) is 20.4 Å². The van der Waals surface area contributed by atoms with Crippen LogP contribution in [0.5, 0.6) is 0 Å². The first-order valence-corrected chi connectivity index (χ1v) is 13.9. The minimum Gasteiger partial charge on any atom is -0.341 e. The lowest BCUT2D eigenvalue weighted by Gasteiger charge is -2.39. The molecule has 0 aromatic heterocycles. The Morgan fingerprint density at radius 1 is 1.03 bits per heavy atom. The van der Waals surface area contributed by atoms with E-state index >= 15 is 0 Å². The van der Waals surface area contributed by atoms with Gasteiger partial charge in [-0.1, -0.05) is 30.3 Å². The number of likely N-dealkylation sites (N-methyl/N-ethyl adjacent to an activating group) is 1. The number of nitrogens with one attached hydrogen (secondary N) is 2. The van der Waals surface area contributed by atoms with Crippen molar-refractivity contribution in [3.8, 4) is 0 Å². The first kappa shape index (κ1) is 27.1. The van der Waals surface area contributed by atoms with Gasteiger partial charge in [0.25, 0.3) is 0 Å². The van der Waals surface area contributed by atoms with Crippen molar-refractivity contribution >= 4 is 23.5 Å². The zero-order valence-corrected chi connectivity index (χ0v) is 23.0. The van der Waals surface area contributed by atoms with E-state index in [1.807, 2.05) is 50.1 Å². The van der Waals surface area contributed by atoms with Crippen LogP contribution in [0.1, 0.15) is 44.2 Å². The van der Waals surface area contributed by atoms with Gasteiger partial charge in [-0.3, -0.25) is 9.59 Å². The number of rotatable bonds is 6. The number of para-hydroxylation sites is 1. The van der Waals surface area contributed by atoms with Crippen molar-refractivity contribution in [2.75, 3.05) is 38.1 Å². The Balaban J connectivity index is 1.28. The van der Waals surface area contributed by atoms with Gasteiger partial charge in [0.1, 0.15) is 11.9 Å². The minimum atomic E-state index is -0.808. The number of anilines is 1. The van der Waals surface area contributed by atoms with Crippen LogP contribution in [0.15, 0.2) is 48.5 Å². The fourth-order valence-corrected chi connectivity index (χ4v) is 6.19. The van der Waals surface area contributed by atoms with E-state index in [1.54, 1.807) is 21.9 Å². The van der Waals surface area contributed by atoms with Crippen molar-refractivity contribution in [3.63, 3.8) is 0 Å². The molecule has 0 radical (unpaired) electrons. The SMILES string of the molecule is CNC1CCN(C(=O)NC(Cc2cccc(F)c2)C(=O)N2CCC(N3C(=O)C(C)(C)c4ccccc43)CC2)C1. The second kappa shape index (κ2) is 11.0. The number of likely N-dealkylation sites (tertiary alicyclic amines) is 2. The normalized spacial score (nSPS) is 21.7. The average Bonchev–Trinajstić information content (AvgIpc) is 3.49. The lowest BCUT2D eigenvalue weighted by Crippen LogP contribution is -2.56. The van der Waals surface area contributed by atoms with E-state index in [-0.39, 0.29) is 42.2 Å². The Morgan fingerprint density at radius 3 is 2.44 bits per heavy atom. The van der Waals surface area contributed by atoms with E-state index in [9.17, 15) is 18.8 Å². The second-order valence-corrected chi connectivity index (χ2v) is 11.4. The number of nitrogens with zero attached hydrogens (tertiary/aromatic N) is 3. The van der Waals surface area contributed by atoms with Gasteiger partial charge in [-0.2, -0.15) is 0 Å². The van der Waals surface area contributed by atoms with Crippen LogP contribution in [0, 0.1) is 5.82 Å². The highest BCUT2D eigenvalue weighted by molar-refractivity contribution is 6.08. The Kier molecular flexibility index (Phi) is 7.62. The van der Waals surface area contributed by atoms with Gasteiger partial charge in [-0.15, -0.1) is 0 Å². The molecule has 3 aliphatic rings. The number of amides is 4. The number of urea groups is 1. The molecule has 0 saturated carbocycles. The molecule has 2 fully saturated rings. The predicted octanol–water partition coefficient (Wildman–Crippen LogP) is 3.06. The summed E-state index contributed by atoms with van der Waals surface area (Å²) in [5.74, 6) is -0.458. The maximum absolute atomic E-state index is 13.9. The first-order valence-electron chi connectivity index (χ1n) is 13.9. The van der Waals surface area contributed by atoms with Gasteiger partial charge >= 0.3 is 6.03 Å². The molecule has 5 rings (SSSR count). The number of carbonyl (C=O) groups excluding carboxylic acids is 3. The van der Waals surface area contributed by atoms with E-state index in [2.05, 4.69) is 10.6 Å². The fraction of sp³-hybridized carbons (Fsp3) is 0.500. The van der Waals surface area contributed by atoms with Gasteiger partial charge in [0.2, 0.25) is 11.8 Å². The number of halogens is 1. The maximum atomic E-state index is 13.9. The molecular weight excluding hydrogens is 497 g/mol. The molecule has 9 heteroatoms. The molecule has 2 unspecified atom stereocenters. The van der Waals surface area contributed by atoms with Crippen LogP contribution in [0.25, 0.3) is 0 Å². The third-order valence-corrected chi connectivity index (χ3v) is 8.54. The van der Waals surface area contributed by atoms with Gasteiger partial charge in [0, 0.05) is 50.4 Å². The molecule has 3 heterocycles. The zero-order valence-electron chi connectivity index (χ0n) is 23.0. The van der Waals surface area contributed by atoms with Crippen molar-refractivity contribution in [1.29, 1.82) is 0 Å². The Morgan fingerprint density at radius 2 is 1.74 bits per heavy atom. The van der Waals surface area contributed by atoms with E-state index in [0.717, 1.165) is 17.7 Å². The summed E-state index contributed by atoms with van der Waals surface area (Å²) in [5, 5.41) is 6.14. The Hall–Kier alpha value is -3.46. The van der Waals surface area contributed by atoms with Crippen LogP contribution in [0.4, 0.5) is 14.9 Å². The van der Waals surface area contributed by atoms with E-state index in [0.29, 0.717) is 44.6 Å². The van der Waals surface area contributed by atoms with Crippen LogP contribution in [-0.4, -0.2) is 79.0 Å². The van der Waals surface area contributed by atoms with E-state index in [4.69, 9.17) is 0 Å².